The summed E-state index contributed by atoms with van der Waals surface area (Å²) >= 11 is 0. The van der Waals surface area contributed by atoms with Gasteiger partial charge in [0.05, 0.1) is 0 Å². The van der Waals surface area contributed by atoms with Gasteiger partial charge in [0.1, 0.15) is 0 Å². The van der Waals surface area contributed by atoms with Crippen molar-refractivity contribution < 1.29 is 0 Å². The number of rotatable bonds is 21. The summed E-state index contributed by atoms with van der Waals surface area (Å²) in [5.41, 5.74) is 20.1. The zero-order valence-electron chi connectivity index (χ0n) is 45.3. The van der Waals surface area contributed by atoms with E-state index in [4.69, 9.17) is 0 Å². The van der Waals surface area contributed by atoms with Gasteiger partial charge in [-0.2, -0.15) is 0 Å². The molecule has 2 aliphatic rings. The van der Waals surface area contributed by atoms with Gasteiger partial charge in [0.25, 0.3) is 0 Å². The Hall–Kier alpha value is -8.20. The fraction of sp³-hybridized carbons (Fsp3) is 0.178. The molecule has 2 nitrogen and oxygen atoms in total. The molecule has 378 valence electrons. The Morgan fingerprint density at radius 2 is 1.05 bits per heavy atom. The van der Waals surface area contributed by atoms with E-state index in [0.717, 1.165) is 72.5 Å². The average Bonchev–Trinajstić information content (AvgIpc) is 3.73. The van der Waals surface area contributed by atoms with Gasteiger partial charge in [0, 0.05) is 35.0 Å². The van der Waals surface area contributed by atoms with Crippen molar-refractivity contribution in [3.8, 4) is 11.1 Å². The third-order valence-corrected chi connectivity index (χ3v) is 13.4. The first kappa shape index (κ1) is 54.6. The number of hydrogen-bond donors (Lipinski definition) is 0. The standard InChI is InChI=1S/C73H76N2/c1-8-13-28-61(26-11-4)66-42-50-71(51-43-66)75(72-52-44-68(45-53-72)64-29-19-15-14-16-20-30-64)73-54-46-69(47-55-73)65-38-36-59(37-39-65)57(6)34-35-58(7)74(56-23-33-62(27-12-5)60(24-9-2)25-10-3)70-48-40-67(41-49-70)63-31-21-17-18-22-32-63/h9-10,13,15,17,19-55H,2,8,11-12,14,16,18,56H2,1,3-7H3/b19-15-,25-10-,28-13-,30-20-,33-23-,57-34+,58-35+,60-24+,61-26+,62-27+,64-29+. The third-order valence-electron chi connectivity index (χ3n) is 13.4. The molecular formula is C73H76N2. The molecule has 0 fully saturated rings. The van der Waals surface area contributed by atoms with Crippen LogP contribution in [0.25, 0.3) is 33.4 Å². The molecule has 5 aromatic carbocycles. The van der Waals surface area contributed by atoms with Gasteiger partial charge in [0.15, 0.2) is 0 Å². The summed E-state index contributed by atoms with van der Waals surface area (Å²) in [5, 5.41) is 0. The molecule has 2 aliphatic carbocycles. The Morgan fingerprint density at radius 1 is 0.507 bits per heavy atom. The number of allylic oxidation sites excluding steroid dienone is 28. The van der Waals surface area contributed by atoms with E-state index in [1.165, 1.54) is 61.2 Å². The van der Waals surface area contributed by atoms with E-state index in [0.29, 0.717) is 6.54 Å². The van der Waals surface area contributed by atoms with Crippen molar-refractivity contribution in [2.75, 3.05) is 16.3 Å². The predicted molar refractivity (Wildman–Crippen MR) is 332 cm³/mol. The first-order valence-corrected chi connectivity index (χ1v) is 27.0. The largest absolute Gasteiger partial charge is 0.342 e. The predicted octanol–water partition coefficient (Wildman–Crippen LogP) is 21.2. The first-order chi connectivity index (χ1) is 36.8. The topological polar surface area (TPSA) is 6.48 Å². The zero-order valence-corrected chi connectivity index (χ0v) is 45.3. The summed E-state index contributed by atoms with van der Waals surface area (Å²) < 4.78 is 0. The fourth-order valence-corrected chi connectivity index (χ4v) is 9.28. The van der Waals surface area contributed by atoms with Crippen molar-refractivity contribution in [1.82, 2.24) is 0 Å². The highest BCUT2D eigenvalue weighted by Crippen LogP contribution is 2.38. The summed E-state index contributed by atoms with van der Waals surface area (Å²) in [7, 11) is 0. The molecule has 7 rings (SSSR count). The van der Waals surface area contributed by atoms with Crippen LogP contribution in [-0.4, -0.2) is 6.54 Å². The van der Waals surface area contributed by atoms with Crippen LogP contribution in [0.15, 0.2) is 278 Å². The van der Waals surface area contributed by atoms with Gasteiger partial charge >= 0.3 is 0 Å². The van der Waals surface area contributed by atoms with E-state index in [2.05, 4.69) is 307 Å². The molecule has 75 heavy (non-hydrogen) atoms. The van der Waals surface area contributed by atoms with E-state index < -0.39 is 0 Å². The van der Waals surface area contributed by atoms with E-state index in [1.807, 2.05) is 6.08 Å². The van der Waals surface area contributed by atoms with E-state index in [9.17, 15) is 0 Å². The summed E-state index contributed by atoms with van der Waals surface area (Å²) in [6.07, 6.45) is 54.4. The molecule has 0 radical (unpaired) electrons. The average molecular weight is 981 g/mol. The molecule has 0 N–H and O–H groups in total. The minimum atomic E-state index is 0.713. The van der Waals surface area contributed by atoms with Crippen LogP contribution < -0.4 is 9.80 Å². The summed E-state index contributed by atoms with van der Waals surface area (Å²) in [5.74, 6) is 0. The van der Waals surface area contributed by atoms with Gasteiger partial charge in [-0.25, -0.2) is 0 Å². The molecule has 2 heteroatoms. The summed E-state index contributed by atoms with van der Waals surface area (Å²) in [6, 6.07) is 44.9. The normalized spacial score (nSPS) is 16.4. The van der Waals surface area contributed by atoms with Gasteiger partial charge < -0.3 is 9.80 Å². The van der Waals surface area contributed by atoms with E-state index in [1.54, 1.807) is 0 Å². The van der Waals surface area contributed by atoms with Crippen LogP contribution in [0.1, 0.15) is 102 Å². The minimum Gasteiger partial charge on any atom is -0.342 e. The lowest BCUT2D eigenvalue weighted by Gasteiger charge is -2.26. The van der Waals surface area contributed by atoms with Crippen molar-refractivity contribution in [3.63, 3.8) is 0 Å². The van der Waals surface area contributed by atoms with Crippen LogP contribution in [0, 0.1) is 0 Å². The van der Waals surface area contributed by atoms with Crippen LogP contribution in [-0.2, 0) is 0 Å². The molecule has 0 spiro atoms. The monoisotopic (exact) mass is 981 g/mol. The maximum atomic E-state index is 3.97. The summed E-state index contributed by atoms with van der Waals surface area (Å²) in [6.45, 7) is 17.7. The van der Waals surface area contributed by atoms with Crippen LogP contribution in [0.5, 0.6) is 0 Å². The SMILES string of the molecule is C=C/C=C(\C=C/C)C(/C=C\CN(/C(C)=C/C=C(\C)c1ccc(-c2ccc(N(c3ccc(C4=C/C=C\CC/C=C\4)cc3)c3ccc(C(/C=C\CC)=C/CC)cc3)cc2)cc1)c1ccc(C2=CC=CCC=C2)cc1)=C/CC. The molecule has 0 unspecified atom stereocenters. The van der Waals surface area contributed by atoms with Gasteiger partial charge in [-0.3, -0.25) is 0 Å². The highest BCUT2D eigenvalue weighted by Gasteiger charge is 2.15. The van der Waals surface area contributed by atoms with Gasteiger partial charge in [-0.1, -0.05) is 228 Å². The van der Waals surface area contributed by atoms with Gasteiger partial charge in [-0.15, -0.1) is 0 Å². The maximum Gasteiger partial charge on any atom is 0.0462 e. The molecule has 0 aliphatic heterocycles. The summed E-state index contributed by atoms with van der Waals surface area (Å²) in [4.78, 5) is 4.74. The van der Waals surface area contributed by atoms with Gasteiger partial charge in [-0.05, 0) is 181 Å². The number of nitrogens with zero attached hydrogens (tertiary/aromatic N) is 2. The Morgan fingerprint density at radius 3 is 1.65 bits per heavy atom. The molecule has 0 heterocycles. The molecule has 5 aromatic rings. The van der Waals surface area contributed by atoms with Crippen molar-refractivity contribution in [1.29, 1.82) is 0 Å². The Labute approximate surface area is 451 Å². The number of hydrogen-bond acceptors (Lipinski definition) is 2. The van der Waals surface area contributed by atoms with Gasteiger partial charge in [0.2, 0.25) is 0 Å². The third kappa shape index (κ3) is 15.4. The number of benzene rings is 5. The van der Waals surface area contributed by atoms with E-state index >= 15 is 0 Å². The molecule has 0 aromatic heterocycles. The Bertz CT molecular complexity index is 3120. The zero-order chi connectivity index (χ0) is 52.6. The molecule has 0 bridgehead atoms. The fourth-order valence-electron chi connectivity index (χ4n) is 9.28. The lowest BCUT2D eigenvalue weighted by molar-refractivity contribution is 1.01. The smallest absolute Gasteiger partial charge is 0.0462 e. The lowest BCUT2D eigenvalue weighted by Crippen LogP contribution is -2.21. The quantitative estimate of drug-likeness (QED) is 0.0676. The maximum absolute atomic E-state index is 3.97. The molecule has 0 amide bonds. The van der Waals surface area contributed by atoms with Crippen LogP contribution in [0.4, 0.5) is 22.7 Å². The molecule has 0 atom stereocenters. The second-order valence-corrected chi connectivity index (χ2v) is 18.8. The molecule has 0 saturated heterocycles. The first-order valence-electron chi connectivity index (χ1n) is 27.0. The van der Waals surface area contributed by atoms with Crippen molar-refractivity contribution in [2.45, 2.75) is 80.1 Å². The van der Waals surface area contributed by atoms with Crippen LogP contribution in [0.2, 0.25) is 0 Å². The van der Waals surface area contributed by atoms with Crippen molar-refractivity contribution in [2.24, 2.45) is 0 Å². The molecule has 0 saturated carbocycles. The second kappa shape index (κ2) is 28.9. The lowest BCUT2D eigenvalue weighted by atomic mass is 9.99. The minimum absolute atomic E-state index is 0.713. The van der Waals surface area contributed by atoms with Crippen LogP contribution >= 0.6 is 0 Å². The highest BCUT2D eigenvalue weighted by molar-refractivity contribution is 5.83. The van der Waals surface area contributed by atoms with Crippen molar-refractivity contribution in [3.05, 3.63) is 301 Å². The Kier molecular flexibility index (Phi) is 21.0. The molecular weight excluding hydrogens is 905 g/mol. The Balaban J connectivity index is 1.14. The second-order valence-electron chi connectivity index (χ2n) is 18.8. The van der Waals surface area contributed by atoms with Crippen molar-refractivity contribution >= 4 is 45.0 Å². The van der Waals surface area contributed by atoms with E-state index in [-0.39, 0.29) is 0 Å². The highest BCUT2D eigenvalue weighted by atomic mass is 15.1. The van der Waals surface area contributed by atoms with Crippen LogP contribution in [0.3, 0.4) is 0 Å². The number of anilines is 4.